The molecule has 0 aromatic heterocycles. The molecule has 0 spiro atoms. The molecule has 0 radical (unpaired) electrons. The molecule has 1 N–H and O–H groups in total. The van der Waals surface area contributed by atoms with Crippen LogP contribution in [-0.2, 0) is 22.6 Å². The molecule has 0 heterocycles. The Labute approximate surface area is 155 Å². The van der Waals surface area contributed by atoms with Gasteiger partial charge in [-0.3, -0.25) is 9.59 Å². The molecule has 0 bridgehead atoms. The van der Waals surface area contributed by atoms with Gasteiger partial charge in [0, 0.05) is 13.6 Å². The number of nitrogens with one attached hydrogen (secondary N) is 1. The van der Waals surface area contributed by atoms with Crippen LogP contribution in [-0.4, -0.2) is 36.9 Å². The van der Waals surface area contributed by atoms with Crippen molar-refractivity contribution in [3.63, 3.8) is 0 Å². The third-order valence-corrected chi connectivity index (χ3v) is 4.34. The molecular weight excluding hydrogens is 328 g/mol. The van der Waals surface area contributed by atoms with Crippen molar-refractivity contribution in [3.05, 3.63) is 65.7 Å². The van der Waals surface area contributed by atoms with E-state index >= 15 is 0 Å². The first-order chi connectivity index (χ1) is 12.6. The van der Waals surface area contributed by atoms with Gasteiger partial charge in [0.1, 0.15) is 11.8 Å². The number of hydrogen-bond acceptors (Lipinski definition) is 3. The Morgan fingerprint density at radius 1 is 1.04 bits per heavy atom. The van der Waals surface area contributed by atoms with E-state index in [1.807, 2.05) is 61.5 Å². The summed E-state index contributed by atoms with van der Waals surface area (Å²) in [5, 5.41) is 2.67. The number of ether oxygens (including phenoxy) is 1. The standard InChI is InChI=1S/C21H26N2O3/c1-4-19(21(25)22-2)23(15-17-10-12-18(26-3)13-11-17)20(24)14-16-8-6-5-7-9-16/h5-13,19H,4,14-15H2,1-3H3,(H,22,25)/t19-/m0/s1. The van der Waals surface area contributed by atoms with Crippen LogP contribution >= 0.6 is 0 Å². The van der Waals surface area contributed by atoms with Crippen LogP contribution in [0.15, 0.2) is 54.6 Å². The van der Waals surface area contributed by atoms with E-state index < -0.39 is 6.04 Å². The van der Waals surface area contributed by atoms with Gasteiger partial charge in [-0.15, -0.1) is 0 Å². The molecule has 0 aliphatic carbocycles. The fraction of sp³-hybridized carbons (Fsp3) is 0.333. The highest BCUT2D eigenvalue weighted by molar-refractivity contribution is 5.88. The third kappa shape index (κ3) is 5.09. The second-order valence-corrected chi connectivity index (χ2v) is 6.07. The first-order valence-corrected chi connectivity index (χ1v) is 8.77. The lowest BCUT2D eigenvalue weighted by Gasteiger charge is -2.30. The van der Waals surface area contributed by atoms with Gasteiger partial charge in [0.25, 0.3) is 0 Å². The average Bonchev–Trinajstić information content (AvgIpc) is 2.68. The zero-order chi connectivity index (χ0) is 18.9. The molecule has 2 aromatic rings. The summed E-state index contributed by atoms with van der Waals surface area (Å²) < 4.78 is 5.18. The van der Waals surface area contributed by atoms with Crippen molar-refractivity contribution in [3.8, 4) is 5.75 Å². The van der Waals surface area contributed by atoms with E-state index in [1.165, 1.54) is 0 Å². The van der Waals surface area contributed by atoms with Gasteiger partial charge in [-0.2, -0.15) is 0 Å². The van der Waals surface area contributed by atoms with Gasteiger partial charge in [-0.25, -0.2) is 0 Å². The lowest BCUT2D eigenvalue weighted by molar-refractivity contribution is -0.140. The maximum absolute atomic E-state index is 13.0. The Bertz CT molecular complexity index is 714. The molecule has 0 fully saturated rings. The fourth-order valence-corrected chi connectivity index (χ4v) is 2.89. The molecule has 5 heteroatoms. The molecule has 2 amide bonds. The minimum absolute atomic E-state index is 0.0672. The highest BCUT2D eigenvalue weighted by Crippen LogP contribution is 2.17. The van der Waals surface area contributed by atoms with Gasteiger partial charge >= 0.3 is 0 Å². The molecule has 0 saturated carbocycles. The number of benzene rings is 2. The Hall–Kier alpha value is -2.82. The average molecular weight is 354 g/mol. The highest BCUT2D eigenvalue weighted by Gasteiger charge is 2.27. The van der Waals surface area contributed by atoms with Crippen molar-refractivity contribution in [2.75, 3.05) is 14.2 Å². The van der Waals surface area contributed by atoms with E-state index in [0.717, 1.165) is 16.9 Å². The van der Waals surface area contributed by atoms with Gasteiger partial charge in [-0.1, -0.05) is 49.4 Å². The first kappa shape index (κ1) is 19.5. The molecular formula is C21H26N2O3. The predicted molar refractivity (Wildman–Crippen MR) is 102 cm³/mol. The van der Waals surface area contributed by atoms with Crippen LogP contribution in [0.5, 0.6) is 5.75 Å². The maximum atomic E-state index is 13.0. The molecule has 26 heavy (non-hydrogen) atoms. The van der Waals surface area contributed by atoms with Crippen LogP contribution in [0.25, 0.3) is 0 Å². The Balaban J connectivity index is 2.24. The lowest BCUT2D eigenvalue weighted by atomic mass is 10.1. The van der Waals surface area contributed by atoms with Crippen molar-refractivity contribution in [2.24, 2.45) is 0 Å². The molecule has 0 aliphatic rings. The van der Waals surface area contributed by atoms with Crippen LogP contribution in [0.2, 0.25) is 0 Å². The van der Waals surface area contributed by atoms with Gasteiger partial charge in [-0.05, 0) is 29.7 Å². The molecule has 138 valence electrons. The minimum atomic E-state index is -0.502. The molecule has 0 aliphatic heterocycles. The predicted octanol–water partition coefficient (Wildman–Crippen LogP) is 2.79. The smallest absolute Gasteiger partial charge is 0.242 e. The van der Waals surface area contributed by atoms with E-state index in [9.17, 15) is 9.59 Å². The number of rotatable bonds is 8. The Morgan fingerprint density at radius 3 is 2.23 bits per heavy atom. The second kappa shape index (κ2) is 9.61. The summed E-state index contributed by atoms with van der Waals surface area (Å²) in [7, 11) is 3.21. The summed E-state index contributed by atoms with van der Waals surface area (Å²) in [5.41, 5.74) is 1.89. The van der Waals surface area contributed by atoms with Gasteiger partial charge in [0.2, 0.25) is 11.8 Å². The van der Waals surface area contributed by atoms with E-state index in [0.29, 0.717) is 13.0 Å². The third-order valence-electron chi connectivity index (χ3n) is 4.34. The fourth-order valence-electron chi connectivity index (χ4n) is 2.89. The van der Waals surface area contributed by atoms with Crippen LogP contribution < -0.4 is 10.1 Å². The molecule has 0 unspecified atom stereocenters. The number of carbonyl (C=O) groups is 2. The van der Waals surface area contributed by atoms with Crippen LogP contribution in [0, 0.1) is 0 Å². The zero-order valence-corrected chi connectivity index (χ0v) is 15.6. The summed E-state index contributed by atoms with van der Waals surface area (Å²) >= 11 is 0. The van der Waals surface area contributed by atoms with Crippen molar-refractivity contribution < 1.29 is 14.3 Å². The quantitative estimate of drug-likeness (QED) is 0.793. The molecule has 5 nitrogen and oxygen atoms in total. The Morgan fingerprint density at radius 2 is 1.69 bits per heavy atom. The van der Waals surface area contributed by atoms with E-state index in [4.69, 9.17) is 4.74 Å². The lowest BCUT2D eigenvalue weighted by Crippen LogP contribution is -2.48. The van der Waals surface area contributed by atoms with Crippen molar-refractivity contribution in [1.29, 1.82) is 0 Å². The summed E-state index contributed by atoms with van der Waals surface area (Å²) in [6.07, 6.45) is 0.820. The molecule has 2 aromatic carbocycles. The second-order valence-electron chi connectivity index (χ2n) is 6.07. The van der Waals surface area contributed by atoms with E-state index in [-0.39, 0.29) is 18.2 Å². The maximum Gasteiger partial charge on any atom is 0.242 e. The molecule has 0 saturated heterocycles. The van der Waals surface area contributed by atoms with E-state index in [1.54, 1.807) is 19.1 Å². The zero-order valence-electron chi connectivity index (χ0n) is 15.6. The molecule has 1 atom stereocenters. The molecule has 2 rings (SSSR count). The van der Waals surface area contributed by atoms with E-state index in [2.05, 4.69) is 5.32 Å². The van der Waals surface area contributed by atoms with Crippen molar-refractivity contribution >= 4 is 11.8 Å². The van der Waals surface area contributed by atoms with Gasteiger partial charge < -0.3 is 15.0 Å². The van der Waals surface area contributed by atoms with Crippen molar-refractivity contribution in [1.82, 2.24) is 10.2 Å². The first-order valence-electron chi connectivity index (χ1n) is 8.77. The van der Waals surface area contributed by atoms with Gasteiger partial charge in [0.15, 0.2) is 0 Å². The minimum Gasteiger partial charge on any atom is -0.497 e. The monoisotopic (exact) mass is 354 g/mol. The number of methoxy groups -OCH3 is 1. The Kier molecular flexibility index (Phi) is 7.21. The number of amides is 2. The largest absolute Gasteiger partial charge is 0.497 e. The number of nitrogens with zero attached hydrogens (tertiary/aromatic N) is 1. The SMILES string of the molecule is CC[C@@H](C(=O)NC)N(Cc1ccc(OC)cc1)C(=O)Cc1ccccc1. The summed E-state index contributed by atoms with van der Waals surface area (Å²) in [6, 6.07) is 16.6. The number of likely N-dealkylation sites (N-methyl/N-ethyl adjacent to an activating group) is 1. The van der Waals surface area contributed by atoms with Crippen molar-refractivity contribution in [2.45, 2.75) is 32.4 Å². The van der Waals surface area contributed by atoms with Crippen LogP contribution in [0.3, 0.4) is 0 Å². The summed E-state index contributed by atoms with van der Waals surface area (Å²) in [5.74, 6) is 0.541. The number of carbonyl (C=O) groups excluding carboxylic acids is 2. The topological polar surface area (TPSA) is 58.6 Å². The normalized spacial score (nSPS) is 11.5. The summed E-state index contributed by atoms with van der Waals surface area (Å²) in [6.45, 7) is 2.29. The number of hydrogen-bond donors (Lipinski definition) is 1. The highest BCUT2D eigenvalue weighted by atomic mass is 16.5. The van der Waals surface area contributed by atoms with Gasteiger partial charge in [0.05, 0.1) is 13.5 Å². The van der Waals surface area contributed by atoms with Crippen LogP contribution in [0.1, 0.15) is 24.5 Å². The summed E-state index contributed by atoms with van der Waals surface area (Å²) in [4.78, 5) is 26.9. The van der Waals surface area contributed by atoms with Crippen LogP contribution in [0.4, 0.5) is 0 Å².